The highest BCUT2D eigenvalue weighted by Gasteiger charge is 2.29. The third-order valence-electron chi connectivity index (χ3n) is 3.67. The first kappa shape index (κ1) is 15.8. The number of carbonyl (C=O) groups excluding carboxylic acids is 1. The summed E-state index contributed by atoms with van der Waals surface area (Å²) in [6.07, 6.45) is 3.56. The molecular formula is C13H24N2O4. The molecule has 6 heteroatoms. The van der Waals surface area contributed by atoms with Crippen molar-refractivity contribution >= 4 is 12.0 Å². The third-order valence-corrected chi connectivity index (χ3v) is 3.67. The van der Waals surface area contributed by atoms with Crippen molar-refractivity contribution in [1.29, 1.82) is 0 Å². The van der Waals surface area contributed by atoms with Gasteiger partial charge in [0, 0.05) is 19.5 Å². The normalized spacial score (nSPS) is 24.6. The van der Waals surface area contributed by atoms with Gasteiger partial charge in [-0.2, -0.15) is 0 Å². The van der Waals surface area contributed by atoms with Gasteiger partial charge < -0.3 is 20.4 Å². The molecular weight excluding hydrogens is 248 g/mol. The molecule has 0 saturated heterocycles. The Morgan fingerprint density at radius 3 is 2.58 bits per heavy atom. The van der Waals surface area contributed by atoms with Gasteiger partial charge in [0.05, 0.1) is 12.1 Å². The summed E-state index contributed by atoms with van der Waals surface area (Å²) in [6.45, 7) is 1.78. The van der Waals surface area contributed by atoms with Crippen molar-refractivity contribution in [3.8, 4) is 0 Å². The highest BCUT2D eigenvalue weighted by atomic mass is 16.4. The van der Waals surface area contributed by atoms with Gasteiger partial charge >= 0.3 is 12.0 Å². The molecule has 19 heavy (non-hydrogen) atoms. The highest BCUT2D eigenvalue weighted by molar-refractivity contribution is 5.74. The summed E-state index contributed by atoms with van der Waals surface area (Å²) in [5.41, 5.74) is 0. The average molecular weight is 272 g/mol. The summed E-state index contributed by atoms with van der Waals surface area (Å²) in [7, 11) is 1.68. The number of carbonyl (C=O) groups is 2. The fourth-order valence-corrected chi connectivity index (χ4v) is 2.42. The molecule has 0 heterocycles. The Hall–Kier alpha value is -1.30. The van der Waals surface area contributed by atoms with E-state index in [1.165, 1.54) is 0 Å². The average Bonchev–Trinajstić information content (AvgIpc) is 2.36. The highest BCUT2D eigenvalue weighted by Crippen LogP contribution is 2.22. The van der Waals surface area contributed by atoms with Gasteiger partial charge in [0.15, 0.2) is 0 Å². The van der Waals surface area contributed by atoms with E-state index >= 15 is 0 Å². The zero-order valence-electron chi connectivity index (χ0n) is 11.6. The van der Waals surface area contributed by atoms with Gasteiger partial charge in [-0.15, -0.1) is 0 Å². The molecule has 0 bridgehead atoms. The summed E-state index contributed by atoms with van der Waals surface area (Å²) >= 11 is 0. The molecule has 3 unspecified atom stereocenters. The van der Waals surface area contributed by atoms with Crippen molar-refractivity contribution in [2.45, 2.75) is 63.6 Å². The topological polar surface area (TPSA) is 89.9 Å². The zero-order chi connectivity index (χ0) is 14.4. The molecule has 0 spiro atoms. The monoisotopic (exact) mass is 272 g/mol. The predicted molar refractivity (Wildman–Crippen MR) is 70.9 cm³/mol. The zero-order valence-corrected chi connectivity index (χ0v) is 11.6. The van der Waals surface area contributed by atoms with Crippen LogP contribution in [-0.2, 0) is 4.79 Å². The van der Waals surface area contributed by atoms with E-state index in [1.54, 1.807) is 18.9 Å². The lowest BCUT2D eigenvalue weighted by atomic mass is 9.92. The largest absolute Gasteiger partial charge is 0.481 e. The van der Waals surface area contributed by atoms with E-state index in [0.29, 0.717) is 6.42 Å². The number of nitrogens with zero attached hydrogens (tertiary/aromatic N) is 1. The standard InChI is InChI=1S/C13H24N2O4/c1-9(7-8-12(17)18)14-13(19)15(2)10-5-3-4-6-11(10)16/h9-11,16H,3-8H2,1-2H3,(H,14,19)(H,17,18). The smallest absolute Gasteiger partial charge is 0.317 e. The second-order valence-electron chi connectivity index (χ2n) is 5.31. The number of carboxylic acid groups (broad SMARTS) is 1. The Bertz CT molecular complexity index is 322. The van der Waals surface area contributed by atoms with E-state index in [9.17, 15) is 14.7 Å². The predicted octanol–water partition coefficient (Wildman–Crippen LogP) is 1.18. The van der Waals surface area contributed by atoms with Gasteiger partial charge in [-0.3, -0.25) is 4.79 Å². The molecule has 0 radical (unpaired) electrons. The number of likely N-dealkylation sites (N-methyl/N-ethyl adjacent to an activating group) is 1. The van der Waals surface area contributed by atoms with Crippen molar-refractivity contribution < 1.29 is 19.8 Å². The lowest BCUT2D eigenvalue weighted by molar-refractivity contribution is -0.137. The first-order valence-electron chi connectivity index (χ1n) is 6.85. The molecule has 3 atom stereocenters. The van der Waals surface area contributed by atoms with Crippen molar-refractivity contribution in [3.63, 3.8) is 0 Å². The van der Waals surface area contributed by atoms with E-state index in [1.807, 2.05) is 0 Å². The van der Waals surface area contributed by atoms with Gasteiger partial charge in [0.2, 0.25) is 0 Å². The maximum atomic E-state index is 12.0. The lowest BCUT2D eigenvalue weighted by Crippen LogP contribution is -2.51. The minimum atomic E-state index is -0.864. The van der Waals surface area contributed by atoms with Gasteiger partial charge in [-0.25, -0.2) is 4.79 Å². The van der Waals surface area contributed by atoms with Crippen LogP contribution < -0.4 is 5.32 Å². The number of hydrogen-bond donors (Lipinski definition) is 3. The van der Waals surface area contributed by atoms with Crippen LogP contribution in [0.15, 0.2) is 0 Å². The van der Waals surface area contributed by atoms with E-state index in [2.05, 4.69) is 5.32 Å². The lowest BCUT2D eigenvalue weighted by Gasteiger charge is -2.35. The van der Waals surface area contributed by atoms with Crippen LogP contribution in [0.25, 0.3) is 0 Å². The summed E-state index contributed by atoms with van der Waals surface area (Å²) in [6, 6.07) is -0.573. The van der Waals surface area contributed by atoms with Crippen LogP contribution in [0.3, 0.4) is 0 Å². The van der Waals surface area contributed by atoms with E-state index in [-0.39, 0.29) is 24.5 Å². The SMILES string of the molecule is CC(CCC(=O)O)NC(=O)N(C)C1CCCCC1O. The van der Waals surface area contributed by atoms with Crippen LogP contribution >= 0.6 is 0 Å². The van der Waals surface area contributed by atoms with Gasteiger partial charge in [-0.1, -0.05) is 12.8 Å². The van der Waals surface area contributed by atoms with Gasteiger partial charge in [0.1, 0.15) is 0 Å². The molecule has 0 aromatic carbocycles. The Labute approximate surface area is 113 Å². The van der Waals surface area contributed by atoms with Crippen LogP contribution in [0.4, 0.5) is 4.79 Å². The number of amides is 2. The van der Waals surface area contributed by atoms with E-state index in [4.69, 9.17) is 5.11 Å². The molecule has 6 nitrogen and oxygen atoms in total. The van der Waals surface area contributed by atoms with Crippen LogP contribution in [0.1, 0.15) is 45.4 Å². The second kappa shape index (κ2) is 7.33. The summed E-state index contributed by atoms with van der Waals surface area (Å²) < 4.78 is 0. The fraction of sp³-hybridized carbons (Fsp3) is 0.846. The molecule has 2 amide bonds. The molecule has 1 saturated carbocycles. The van der Waals surface area contributed by atoms with Gasteiger partial charge in [-0.05, 0) is 26.2 Å². The summed E-state index contributed by atoms with van der Waals surface area (Å²) in [5, 5.41) is 21.3. The van der Waals surface area contributed by atoms with Crippen LogP contribution in [0, 0.1) is 0 Å². The Balaban J connectivity index is 2.40. The minimum Gasteiger partial charge on any atom is -0.481 e. The van der Waals surface area contributed by atoms with Crippen molar-refractivity contribution in [1.82, 2.24) is 10.2 Å². The summed E-state index contributed by atoms with van der Waals surface area (Å²) in [4.78, 5) is 24.0. The first-order valence-corrected chi connectivity index (χ1v) is 6.85. The second-order valence-corrected chi connectivity index (χ2v) is 5.31. The van der Waals surface area contributed by atoms with E-state index in [0.717, 1.165) is 25.7 Å². The molecule has 0 aromatic heterocycles. The molecule has 0 aliphatic heterocycles. The molecule has 3 N–H and O–H groups in total. The Morgan fingerprint density at radius 1 is 1.37 bits per heavy atom. The molecule has 1 rings (SSSR count). The number of aliphatic hydroxyl groups is 1. The number of aliphatic hydroxyl groups excluding tert-OH is 1. The molecule has 1 fully saturated rings. The maximum Gasteiger partial charge on any atom is 0.317 e. The molecule has 110 valence electrons. The Morgan fingerprint density at radius 2 is 2.00 bits per heavy atom. The van der Waals surface area contributed by atoms with Crippen LogP contribution in [0.2, 0.25) is 0 Å². The van der Waals surface area contributed by atoms with Crippen LogP contribution in [0.5, 0.6) is 0 Å². The quantitative estimate of drug-likeness (QED) is 0.701. The first-order chi connectivity index (χ1) is 8.91. The van der Waals surface area contributed by atoms with Crippen molar-refractivity contribution in [2.24, 2.45) is 0 Å². The number of nitrogens with one attached hydrogen (secondary N) is 1. The number of rotatable bonds is 5. The van der Waals surface area contributed by atoms with Gasteiger partial charge in [0.25, 0.3) is 0 Å². The minimum absolute atomic E-state index is 0.0389. The number of carboxylic acids is 1. The maximum absolute atomic E-state index is 12.0. The fourth-order valence-electron chi connectivity index (χ4n) is 2.42. The summed E-state index contributed by atoms with van der Waals surface area (Å²) in [5.74, 6) is -0.864. The Kier molecular flexibility index (Phi) is 6.08. The molecule has 1 aliphatic carbocycles. The number of hydrogen-bond acceptors (Lipinski definition) is 3. The molecule has 0 aromatic rings. The van der Waals surface area contributed by atoms with Crippen LogP contribution in [-0.4, -0.2) is 52.3 Å². The van der Waals surface area contributed by atoms with E-state index < -0.39 is 12.1 Å². The number of urea groups is 1. The molecule has 1 aliphatic rings. The van der Waals surface area contributed by atoms with Crippen molar-refractivity contribution in [3.05, 3.63) is 0 Å². The third kappa shape index (κ3) is 5.06. The number of aliphatic carboxylic acids is 1. The van der Waals surface area contributed by atoms with Crippen molar-refractivity contribution in [2.75, 3.05) is 7.05 Å².